The molecule has 5 unspecified atom stereocenters. The molecule has 0 heterocycles. The Morgan fingerprint density at radius 1 is 0.279 bits per heavy atom. The van der Waals surface area contributed by atoms with Crippen LogP contribution >= 0.6 is 15.6 Å². The molecule has 0 aromatic rings. The van der Waals surface area contributed by atoms with Crippen LogP contribution in [-0.4, -0.2) is 96.7 Å². The molecule has 3 N–H and O–H groups in total. The number of aliphatic hydroxyl groups excluding tert-OH is 1. The predicted octanol–water partition coefficient (Wildman–Crippen LogP) is 24.8. The zero-order valence-electron chi connectivity index (χ0n) is 66.5. The van der Waals surface area contributed by atoms with E-state index in [0.29, 0.717) is 25.7 Å². The quantitative estimate of drug-likeness (QED) is 0.0169. The number of allylic oxidation sites excluding steroid dienone is 12. The van der Waals surface area contributed by atoms with E-state index in [2.05, 4.69) is 101 Å². The first-order valence-corrected chi connectivity index (χ1v) is 45.2. The third-order valence-corrected chi connectivity index (χ3v) is 20.1. The summed E-state index contributed by atoms with van der Waals surface area (Å²) in [6.45, 7) is 4.74. The van der Waals surface area contributed by atoms with E-state index in [4.69, 9.17) is 37.0 Å². The van der Waals surface area contributed by atoms with Crippen molar-refractivity contribution in [1.29, 1.82) is 0 Å². The largest absolute Gasteiger partial charge is 0.472 e. The van der Waals surface area contributed by atoms with Crippen LogP contribution in [0.15, 0.2) is 72.9 Å². The van der Waals surface area contributed by atoms with Crippen LogP contribution in [0.3, 0.4) is 0 Å². The Balaban J connectivity index is 5.34. The van der Waals surface area contributed by atoms with E-state index in [9.17, 15) is 43.2 Å². The first kappa shape index (κ1) is 100. The minimum absolute atomic E-state index is 0.0840. The number of carbonyl (C=O) groups is 4. The van der Waals surface area contributed by atoms with E-state index < -0.39 is 97.5 Å². The van der Waals surface area contributed by atoms with Crippen molar-refractivity contribution >= 4 is 39.5 Å². The maximum atomic E-state index is 13.1. The SMILES string of the molecule is CC/C=C\C/C=C\C/C=C\CCCCCCCCCC(=O)OCC(COP(=O)(O)OCC(O)COP(=O)(O)OCC(COC(=O)CCCCCCCCCCCCCCCCC)OC(=O)CCCCCCCCCCCCCCCCC)OC(=O)CCCCCCCCC/C=C\C/C=C\C/C=C\CC. The molecule has 17 nitrogen and oxygen atoms in total. The summed E-state index contributed by atoms with van der Waals surface area (Å²) >= 11 is 0. The number of hydrogen-bond donors (Lipinski definition) is 3. The Morgan fingerprint density at radius 3 is 0.769 bits per heavy atom. The van der Waals surface area contributed by atoms with Crippen LogP contribution in [0, 0.1) is 0 Å². The molecule has 0 saturated carbocycles. The molecule has 0 saturated heterocycles. The smallest absolute Gasteiger partial charge is 0.462 e. The first-order valence-electron chi connectivity index (χ1n) is 42.2. The lowest BCUT2D eigenvalue weighted by Crippen LogP contribution is -2.30. The number of rotatable bonds is 80. The molecule has 0 aromatic heterocycles. The minimum atomic E-state index is -4.98. The van der Waals surface area contributed by atoms with Gasteiger partial charge in [0.2, 0.25) is 0 Å². The Kier molecular flexibility index (Phi) is 75.0. The van der Waals surface area contributed by atoms with Crippen molar-refractivity contribution in [2.75, 3.05) is 39.6 Å². The average Bonchev–Trinajstić information content (AvgIpc) is 0.926. The van der Waals surface area contributed by atoms with E-state index in [-0.39, 0.29) is 25.7 Å². The molecular weight excluding hydrogens is 1350 g/mol. The second-order valence-electron chi connectivity index (χ2n) is 28.4. The van der Waals surface area contributed by atoms with Crippen LogP contribution in [0.4, 0.5) is 0 Å². The molecule has 0 aromatic carbocycles. The molecule has 104 heavy (non-hydrogen) atoms. The van der Waals surface area contributed by atoms with E-state index in [0.717, 1.165) is 173 Å². The summed E-state index contributed by atoms with van der Waals surface area (Å²) in [5.74, 6) is -2.15. The molecule has 19 heteroatoms. The van der Waals surface area contributed by atoms with Crippen molar-refractivity contribution in [3.63, 3.8) is 0 Å². The highest BCUT2D eigenvalue weighted by Crippen LogP contribution is 2.45. The van der Waals surface area contributed by atoms with Crippen LogP contribution in [0.25, 0.3) is 0 Å². The lowest BCUT2D eigenvalue weighted by Gasteiger charge is -2.21. The topological polar surface area (TPSA) is 237 Å². The van der Waals surface area contributed by atoms with Crippen molar-refractivity contribution in [2.45, 2.75) is 406 Å². The van der Waals surface area contributed by atoms with E-state index >= 15 is 0 Å². The lowest BCUT2D eigenvalue weighted by atomic mass is 10.0. The number of carbonyl (C=O) groups excluding carboxylic acids is 4. The van der Waals surface area contributed by atoms with Crippen molar-refractivity contribution in [3.05, 3.63) is 72.9 Å². The van der Waals surface area contributed by atoms with E-state index in [1.54, 1.807) is 0 Å². The van der Waals surface area contributed by atoms with E-state index in [1.165, 1.54) is 135 Å². The number of aliphatic hydroxyl groups is 1. The monoisotopic (exact) mass is 1510 g/mol. The van der Waals surface area contributed by atoms with Crippen molar-refractivity contribution in [2.24, 2.45) is 0 Å². The van der Waals surface area contributed by atoms with Crippen LogP contribution in [-0.2, 0) is 65.4 Å². The molecule has 0 bridgehead atoms. The predicted molar refractivity (Wildman–Crippen MR) is 427 cm³/mol. The van der Waals surface area contributed by atoms with Gasteiger partial charge in [0.05, 0.1) is 26.4 Å². The maximum Gasteiger partial charge on any atom is 0.472 e. The molecule has 606 valence electrons. The van der Waals surface area contributed by atoms with Crippen LogP contribution in [0.5, 0.6) is 0 Å². The molecule has 0 spiro atoms. The fourth-order valence-corrected chi connectivity index (χ4v) is 13.4. The van der Waals surface area contributed by atoms with Gasteiger partial charge in [-0.25, -0.2) is 9.13 Å². The molecule has 0 fully saturated rings. The van der Waals surface area contributed by atoms with Crippen molar-refractivity contribution in [1.82, 2.24) is 0 Å². The van der Waals surface area contributed by atoms with Crippen molar-refractivity contribution in [3.8, 4) is 0 Å². The van der Waals surface area contributed by atoms with Crippen LogP contribution in [0.1, 0.15) is 387 Å². The third-order valence-electron chi connectivity index (χ3n) is 18.2. The molecule has 0 aliphatic carbocycles. The average molecular weight is 1510 g/mol. The Labute approximate surface area is 634 Å². The number of unbranched alkanes of at least 4 members (excludes halogenated alkanes) is 42. The second kappa shape index (κ2) is 77.7. The highest BCUT2D eigenvalue weighted by molar-refractivity contribution is 7.47. The molecule has 0 aliphatic heterocycles. The zero-order valence-corrected chi connectivity index (χ0v) is 68.2. The van der Waals surface area contributed by atoms with Crippen LogP contribution < -0.4 is 0 Å². The van der Waals surface area contributed by atoms with Gasteiger partial charge in [0.15, 0.2) is 12.2 Å². The third kappa shape index (κ3) is 76.7. The molecule has 0 aliphatic rings. The number of phosphoric ester groups is 2. The van der Waals surface area contributed by atoms with E-state index in [1.807, 2.05) is 0 Å². The van der Waals surface area contributed by atoms with Gasteiger partial charge < -0.3 is 33.8 Å². The normalized spacial score (nSPS) is 14.2. The Hall–Kier alpha value is -3.50. The highest BCUT2D eigenvalue weighted by Gasteiger charge is 2.30. The van der Waals surface area contributed by atoms with Gasteiger partial charge in [-0.2, -0.15) is 0 Å². The number of esters is 4. The summed E-state index contributed by atoms with van der Waals surface area (Å²) in [6, 6.07) is 0. The van der Waals surface area contributed by atoms with Gasteiger partial charge >= 0.3 is 39.5 Å². The second-order valence-corrected chi connectivity index (χ2v) is 31.3. The van der Waals surface area contributed by atoms with Gasteiger partial charge in [0, 0.05) is 25.7 Å². The van der Waals surface area contributed by atoms with Crippen LogP contribution in [0.2, 0.25) is 0 Å². The molecule has 0 radical (unpaired) electrons. The summed E-state index contributed by atoms with van der Waals surface area (Å²) in [6.07, 6.45) is 80.0. The fourth-order valence-electron chi connectivity index (χ4n) is 11.8. The van der Waals surface area contributed by atoms with Gasteiger partial charge in [0.25, 0.3) is 0 Å². The minimum Gasteiger partial charge on any atom is -0.462 e. The first-order chi connectivity index (χ1) is 50.7. The summed E-state index contributed by atoms with van der Waals surface area (Å²) < 4.78 is 68.8. The van der Waals surface area contributed by atoms with Gasteiger partial charge in [-0.15, -0.1) is 0 Å². The van der Waals surface area contributed by atoms with Gasteiger partial charge in [-0.05, 0) is 89.9 Å². The number of phosphoric acid groups is 2. The Bertz CT molecular complexity index is 2250. The molecular formula is C85H154O17P2. The van der Waals surface area contributed by atoms with Gasteiger partial charge in [-0.1, -0.05) is 345 Å². The summed E-state index contributed by atoms with van der Waals surface area (Å²) in [5.41, 5.74) is 0. The summed E-state index contributed by atoms with van der Waals surface area (Å²) in [5, 5.41) is 10.7. The fraction of sp³-hybridized carbons (Fsp3) is 0.812. The van der Waals surface area contributed by atoms with Crippen molar-refractivity contribution < 1.29 is 80.2 Å². The molecule has 0 amide bonds. The number of ether oxygens (including phenoxy) is 4. The summed E-state index contributed by atoms with van der Waals surface area (Å²) in [4.78, 5) is 73.2. The van der Waals surface area contributed by atoms with Gasteiger partial charge in [0.1, 0.15) is 19.3 Å². The zero-order chi connectivity index (χ0) is 76.0. The lowest BCUT2D eigenvalue weighted by molar-refractivity contribution is -0.161. The highest BCUT2D eigenvalue weighted by atomic mass is 31.2. The summed E-state index contributed by atoms with van der Waals surface area (Å²) in [7, 11) is -9.95. The maximum absolute atomic E-state index is 13.1. The van der Waals surface area contributed by atoms with Gasteiger partial charge in [-0.3, -0.25) is 37.3 Å². The molecule has 0 rings (SSSR count). The standard InChI is InChI=1S/C85H154O17P2/c1-5-9-13-17-21-25-29-33-37-39-43-46-50-54-58-62-66-70-83(88)96-76-81(102-85(90)72-68-64-60-56-52-48-44-40-38-34-30-26-22-18-14-10-6-2)78-100-104(93,94)98-74-79(86)73-97-103(91,92)99-77-80(101-84(89)71-67-63-59-55-51-47-42-36-32-28-24-20-16-12-8-4)75-95-82(87)69-65-61-57-53-49-45-41-35-31-27-23-19-15-11-7-3/h9-10,13-14,21-22,25-26,33-34,37-38,79-81,86H,5-8,11-12,15-20,23-24,27-32,35-36,39-78H2,1-4H3,(H,91,92)(H,93,94)/b13-9-,14-10-,25-21-,26-22-,37-33-,38-34-. The molecule has 5 atom stereocenters. The Morgan fingerprint density at radius 2 is 0.500 bits per heavy atom. The number of hydrogen-bond acceptors (Lipinski definition) is 15.